The Bertz CT molecular complexity index is 453. The van der Waals surface area contributed by atoms with Crippen LogP contribution in [0.2, 0.25) is 0 Å². The number of nitrogens with zero attached hydrogens (tertiary/aromatic N) is 1. The normalized spacial score (nSPS) is 24.2. The quantitative estimate of drug-likeness (QED) is 0.842. The molecular formula is C19H32N2. The standard InChI is InChI=1S/C19H32N2/c1-6-12-20-18-16(10-11-19(18,3)4)14-21(5)17-9-7-8-15(2)13-17/h7-9,13,16,18,20H,6,10-12,14H2,1-5H3. The summed E-state index contributed by atoms with van der Waals surface area (Å²) in [6.45, 7) is 11.6. The zero-order valence-corrected chi connectivity index (χ0v) is 14.4. The molecule has 0 aromatic heterocycles. The predicted molar refractivity (Wildman–Crippen MR) is 93.0 cm³/mol. The molecule has 2 atom stereocenters. The van der Waals surface area contributed by atoms with Crippen LogP contribution in [-0.4, -0.2) is 26.2 Å². The van der Waals surface area contributed by atoms with Crippen LogP contribution in [0.4, 0.5) is 5.69 Å². The number of benzene rings is 1. The van der Waals surface area contributed by atoms with Crippen LogP contribution in [0, 0.1) is 18.3 Å². The first-order valence-corrected chi connectivity index (χ1v) is 8.45. The molecule has 1 fully saturated rings. The van der Waals surface area contributed by atoms with E-state index in [2.05, 4.69) is 69.2 Å². The van der Waals surface area contributed by atoms with Gasteiger partial charge in [-0.05, 0) is 61.8 Å². The molecule has 2 unspecified atom stereocenters. The van der Waals surface area contributed by atoms with Crippen molar-refractivity contribution in [3.8, 4) is 0 Å². The fourth-order valence-corrected chi connectivity index (χ4v) is 3.78. The summed E-state index contributed by atoms with van der Waals surface area (Å²) in [4.78, 5) is 2.43. The monoisotopic (exact) mass is 288 g/mol. The van der Waals surface area contributed by atoms with Gasteiger partial charge in [-0.1, -0.05) is 32.9 Å². The topological polar surface area (TPSA) is 15.3 Å². The van der Waals surface area contributed by atoms with Crippen molar-refractivity contribution in [1.29, 1.82) is 0 Å². The smallest absolute Gasteiger partial charge is 0.0366 e. The van der Waals surface area contributed by atoms with Gasteiger partial charge in [-0.25, -0.2) is 0 Å². The molecule has 0 aliphatic heterocycles. The molecule has 2 heteroatoms. The van der Waals surface area contributed by atoms with Crippen LogP contribution < -0.4 is 10.2 Å². The van der Waals surface area contributed by atoms with Gasteiger partial charge in [0.05, 0.1) is 0 Å². The minimum atomic E-state index is 0.424. The largest absolute Gasteiger partial charge is 0.374 e. The lowest BCUT2D eigenvalue weighted by atomic mass is 9.84. The number of aryl methyl sites for hydroxylation is 1. The summed E-state index contributed by atoms with van der Waals surface area (Å²) in [5, 5.41) is 3.81. The molecule has 0 heterocycles. The van der Waals surface area contributed by atoms with Crippen molar-refractivity contribution in [3.63, 3.8) is 0 Å². The summed E-state index contributed by atoms with van der Waals surface area (Å²) in [6, 6.07) is 9.48. The Morgan fingerprint density at radius 2 is 2.10 bits per heavy atom. The van der Waals surface area contributed by atoms with Gasteiger partial charge in [-0.2, -0.15) is 0 Å². The SMILES string of the molecule is CCCNC1C(CN(C)c2cccc(C)c2)CCC1(C)C. The van der Waals surface area contributed by atoms with Crippen LogP contribution in [0.3, 0.4) is 0 Å². The first-order chi connectivity index (χ1) is 9.94. The second-order valence-electron chi connectivity index (χ2n) is 7.44. The summed E-state index contributed by atoms with van der Waals surface area (Å²) >= 11 is 0. The third kappa shape index (κ3) is 4.00. The predicted octanol–water partition coefficient (Wildman–Crippen LogP) is 4.24. The van der Waals surface area contributed by atoms with Crippen molar-refractivity contribution in [3.05, 3.63) is 29.8 Å². The highest BCUT2D eigenvalue weighted by Gasteiger charge is 2.41. The van der Waals surface area contributed by atoms with E-state index >= 15 is 0 Å². The zero-order valence-electron chi connectivity index (χ0n) is 14.4. The molecule has 0 saturated heterocycles. The van der Waals surface area contributed by atoms with Crippen molar-refractivity contribution in [2.75, 3.05) is 25.0 Å². The molecule has 1 aromatic rings. The van der Waals surface area contributed by atoms with Crippen molar-refractivity contribution in [2.24, 2.45) is 11.3 Å². The Kier molecular flexibility index (Phi) is 5.32. The number of anilines is 1. The van der Waals surface area contributed by atoms with Crippen molar-refractivity contribution in [2.45, 2.75) is 53.0 Å². The van der Waals surface area contributed by atoms with Crippen LogP contribution in [-0.2, 0) is 0 Å². The Hall–Kier alpha value is -1.02. The number of hydrogen-bond acceptors (Lipinski definition) is 2. The molecule has 0 spiro atoms. The van der Waals surface area contributed by atoms with Gasteiger partial charge in [-0.15, -0.1) is 0 Å². The minimum absolute atomic E-state index is 0.424. The molecule has 1 aromatic carbocycles. The maximum absolute atomic E-state index is 3.81. The van der Waals surface area contributed by atoms with E-state index in [0.29, 0.717) is 11.5 Å². The fourth-order valence-electron chi connectivity index (χ4n) is 3.78. The first kappa shape index (κ1) is 16.4. The second-order valence-corrected chi connectivity index (χ2v) is 7.44. The van der Waals surface area contributed by atoms with Crippen molar-refractivity contribution >= 4 is 5.69 Å². The maximum Gasteiger partial charge on any atom is 0.0366 e. The molecular weight excluding hydrogens is 256 g/mol. The molecule has 0 bridgehead atoms. The van der Waals surface area contributed by atoms with Gasteiger partial charge >= 0.3 is 0 Å². The molecule has 0 amide bonds. The fraction of sp³-hybridized carbons (Fsp3) is 0.684. The summed E-state index contributed by atoms with van der Waals surface area (Å²) in [5.41, 5.74) is 3.11. The van der Waals surface area contributed by atoms with E-state index in [1.54, 1.807) is 0 Å². The lowest BCUT2D eigenvalue weighted by molar-refractivity contribution is 0.250. The van der Waals surface area contributed by atoms with E-state index in [1.807, 2.05) is 0 Å². The van der Waals surface area contributed by atoms with Crippen molar-refractivity contribution in [1.82, 2.24) is 5.32 Å². The Labute approximate surface area is 130 Å². The molecule has 1 aliphatic rings. The summed E-state index contributed by atoms with van der Waals surface area (Å²) in [7, 11) is 2.23. The lowest BCUT2D eigenvalue weighted by Crippen LogP contribution is -2.45. The second kappa shape index (κ2) is 6.83. The van der Waals surface area contributed by atoms with Gasteiger partial charge < -0.3 is 10.2 Å². The van der Waals surface area contributed by atoms with Gasteiger partial charge in [0, 0.05) is 25.3 Å². The van der Waals surface area contributed by atoms with E-state index < -0.39 is 0 Å². The van der Waals surface area contributed by atoms with Gasteiger partial charge in [0.2, 0.25) is 0 Å². The maximum atomic E-state index is 3.81. The van der Waals surface area contributed by atoms with E-state index in [1.165, 1.54) is 30.5 Å². The van der Waals surface area contributed by atoms with E-state index in [9.17, 15) is 0 Å². The Morgan fingerprint density at radius 3 is 2.76 bits per heavy atom. The van der Waals surface area contributed by atoms with Crippen LogP contribution in [0.5, 0.6) is 0 Å². The Balaban J connectivity index is 2.03. The summed E-state index contributed by atoms with van der Waals surface area (Å²) < 4.78 is 0. The van der Waals surface area contributed by atoms with Crippen LogP contribution in [0.1, 0.15) is 45.6 Å². The van der Waals surface area contributed by atoms with Crippen LogP contribution >= 0.6 is 0 Å². The van der Waals surface area contributed by atoms with Crippen LogP contribution in [0.15, 0.2) is 24.3 Å². The highest BCUT2D eigenvalue weighted by Crippen LogP contribution is 2.41. The molecule has 2 nitrogen and oxygen atoms in total. The number of rotatable bonds is 6. The first-order valence-electron chi connectivity index (χ1n) is 8.45. The van der Waals surface area contributed by atoms with Crippen molar-refractivity contribution < 1.29 is 0 Å². The van der Waals surface area contributed by atoms with Gasteiger partial charge in [-0.3, -0.25) is 0 Å². The molecule has 0 radical (unpaired) electrons. The van der Waals surface area contributed by atoms with E-state index in [4.69, 9.17) is 0 Å². The third-order valence-electron chi connectivity index (χ3n) is 5.04. The van der Waals surface area contributed by atoms with Gasteiger partial charge in [0.25, 0.3) is 0 Å². The molecule has 1 saturated carbocycles. The number of nitrogens with one attached hydrogen (secondary N) is 1. The number of hydrogen-bond donors (Lipinski definition) is 1. The minimum Gasteiger partial charge on any atom is -0.374 e. The molecule has 2 rings (SSSR count). The average Bonchev–Trinajstić information content (AvgIpc) is 2.71. The third-order valence-corrected chi connectivity index (χ3v) is 5.04. The Morgan fingerprint density at radius 1 is 1.33 bits per heavy atom. The van der Waals surface area contributed by atoms with E-state index in [0.717, 1.165) is 19.0 Å². The zero-order chi connectivity index (χ0) is 15.5. The molecule has 21 heavy (non-hydrogen) atoms. The average molecular weight is 288 g/mol. The molecule has 1 N–H and O–H groups in total. The van der Waals surface area contributed by atoms with Gasteiger partial charge in [0.15, 0.2) is 0 Å². The lowest BCUT2D eigenvalue weighted by Gasteiger charge is -2.34. The summed E-state index contributed by atoms with van der Waals surface area (Å²) in [5.74, 6) is 0.747. The highest BCUT2D eigenvalue weighted by molar-refractivity contribution is 5.47. The summed E-state index contributed by atoms with van der Waals surface area (Å²) in [6.07, 6.45) is 3.89. The van der Waals surface area contributed by atoms with Gasteiger partial charge in [0.1, 0.15) is 0 Å². The molecule has 118 valence electrons. The highest BCUT2D eigenvalue weighted by atomic mass is 15.1. The van der Waals surface area contributed by atoms with E-state index in [-0.39, 0.29) is 0 Å². The molecule has 1 aliphatic carbocycles. The van der Waals surface area contributed by atoms with Crippen LogP contribution in [0.25, 0.3) is 0 Å².